The quantitative estimate of drug-likeness (QED) is 0.626. The summed E-state index contributed by atoms with van der Waals surface area (Å²) in [5.41, 5.74) is 0.588. The van der Waals surface area contributed by atoms with Gasteiger partial charge in [0.25, 0.3) is 0 Å². The van der Waals surface area contributed by atoms with Crippen molar-refractivity contribution in [1.29, 1.82) is 0 Å². The maximum Gasteiger partial charge on any atom is 0.246 e. The van der Waals surface area contributed by atoms with Crippen molar-refractivity contribution in [1.82, 2.24) is 4.90 Å². The minimum absolute atomic E-state index is 0.0673. The van der Waals surface area contributed by atoms with E-state index in [9.17, 15) is 9.59 Å². The fourth-order valence-corrected chi connectivity index (χ4v) is 2.46. The molecule has 0 aromatic heterocycles. The first-order chi connectivity index (χ1) is 9.56. The van der Waals surface area contributed by atoms with E-state index in [4.69, 9.17) is 0 Å². The van der Waals surface area contributed by atoms with Crippen molar-refractivity contribution in [3.8, 4) is 0 Å². The molecule has 0 saturated carbocycles. The molecule has 0 N–H and O–H groups in total. The zero-order valence-corrected chi connectivity index (χ0v) is 13.1. The fourth-order valence-electron chi connectivity index (χ4n) is 2.19. The number of hydrogen-bond donors (Lipinski definition) is 0. The van der Waals surface area contributed by atoms with Crippen LogP contribution in [0.2, 0.25) is 0 Å². The Morgan fingerprint density at radius 2 is 1.75 bits per heavy atom. The maximum absolute atomic E-state index is 12.0. The minimum Gasteiger partial charge on any atom is -0.339 e. The van der Waals surface area contributed by atoms with Gasteiger partial charge in [0.05, 0.1) is 0 Å². The molecule has 1 amide bonds. The van der Waals surface area contributed by atoms with Crippen LogP contribution in [0.5, 0.6) is 0 Å². The Kier molecular flexibility index (Phi) is 5.12. The highest BCUT2D eigenvalue weighted by Gasteiger charge is 2.18. The molecule has 4 heteroatoms. The average molecular weight is 336 g/mol. The second-order valence-electron chi connectivity index (χ2n) is 5.21. The summed E-state index contributed by atoms with van der Waals surface area (Å²) in [6.45, 7) is 3.78. The van der Waals surface area contributed by atoms with Gasteiger partial charge in [0, 0.05) is 29.2 Å². The van der Waals surface area contributed by atoms with Crippen molar-refractivity contribution in [2.45, 2.75) is 19.8 Å². The van der Waals surface area contributed by atoms with Crippen LogP contribution in [0.15, 0.2) is 40.9 Å². The first kappa shape index (κ1) is 15.0. The third-order valence-corrected chi connectivity index (χ3v) is 4.13. The lowest BCUT2D eigenvalue weighted by Crippen LogP contribution is -2.36. The fraction of sp³-hybridized carbons (Fsp3) is 0.375. The molecule has 1 fully saturated rings. The van der Waals surface area contributed by atoms with Gasteiger partial charge in [-0.25, -0.2) is 0 Å². The number of allylic oxidation sites excluding steroid dienone is 1. The predicted molar refractivity (Wildman–Crippen MR) is 82.6 cm³/mol. The molecular weight excluding hydrogens is 318 g/mol. The third-order valence-electron chi connectivity index (χ3n) is 3.60. The first-order valence-electron chi connectivity index (χ1n) is 6.83. The summed E-state index contributed by atoms with van der Waals surface area (Å²) in [7, 11) is 0. The molecule has 20 heavy (non-hydrogen) atoms. The topological polar surface area (TPSA) is 37.4 Å². The molecular formula is C16H18BrNO2. The molecule has 0 bridgehead atoms. The van der Waals surface area contributed by atoms with E-state index < -0.39 is 0 Å². The lowest BCUT2D eigenvalue weighted by atomic mass is 9.99. The SMILES string of the molecule is CC1CCN(C(=O)/C=C/C(=O)c2ccc(Br)cc2)CC1. The van der Waals surface area contributed by atoms with Gasteiger partial charge in [-0.05, 0) is 49.1 Å². The van der Waals surface area contributed by atoms with Gasteiger partial charge in [0.15, 0.2) is 5.78 Å². The van der Waals surface area contributed by atoms with Crippen LogP contribution in [-0.4, -0.2) is 29.7 Å². The normalized spacial score (nSPS) is 16.6. The molecule has 0 atom stereocenters. The second-order valence-corrected chi connectivity index (χ2v) is 6.13. The van der Waals surface area contributed by atoms with Gasteiger partial charge in [-0.1, -0.05) is 22.9 Å². The zero-order valence-electron chi connectivity index (χ0n) is 11.5. The van der Waals surface area contributed by atoms with Gasteiger partial charge < -0.3 is 4.90 Å². The standard InChI is InChI=1S/C16H18BrNO2/c1-12-8-10-18(11-9-12)16(20)7-6-15(19)13-2-4-14(17)5-3-13/h2-7,12H,8-11H2,1H3/b7-6+. The van der Waals surface area contributed by atoms with Gasteiger partial charge in [0.2, 0.25) is 5.91 Å². The van der Waals surface area contributed by atoms with E-state index in [1.165, 1.54) is 12.2 Å². The van der Waals surface area contributed by atoms with Crippen LogP contribution in [0.1, 0.15) is 30.1 Å². The van der Waals surface area contributed by atoms with Crippen LogP contribution in [-0.2, 0) is 4.79 Å². The molecule has 106 valence electrons. The summed E-state index contributed by atoms with van der Waals surface area (Å²) in [4.78, 5) is 25.7. The van der Waals surface area contributed by atoms with Crippen LogP contribution in [0.25, 0.3) is 0 Å². The largest absolute Gasteiger partial charge is 0.339 e. The molecule has 0 spiro atoms. The molecule has 1 aromatic rings. The first-order valence-corrected chi connectivity index (χ1v) is 7.62. The number of amides is 1. The number of piperidine rings is 1. The minimum atomic E-state index is -0.142. The highest BCUT2D eigenvalue weighted by molar-refractivity contribution is 9.10. The molecule has 0 aliphatic carbocycles. The molecule has 1 heterocycles. The molecule has 1 aromatic carbocycles. The highest BCUT2D eigenvalue weighted by atomic mass is 79.9. The number of likely N-dealkylation sites (tertiary alicyclic amines) is 1. The number of halogens is 1. The Morgan fingerprint density at radius 1 is 1.15 bits per heavy atom. The summed E-state index contributed by atoms with van der Waals surface area (Å²) in [5.74, 6) is 0.478. The van der Waals surface area contributed by atoms with Crippen LogP contribution < -0.4 is 0 Å². The summed E-state index contributed by atoms with van der Waals surface area (Å²) >= 11 is 3.32. The second kappa shape index (κ2) is 6.84. The average Bonchev–Trinajstić information content (AvgIpc) is 2.46. The smallest absolute Gasteiger partial charge is 0.246 e. The predicted octanol–water partition coefficient (Wildman–Crippen LogP) is 3.45. The summed E-state index contributed by atoms with van der Waals surface area (Å²) in [5, 5.41) is 0. The number of carbonyl (C=O) groups is 2. The van der Waals surface area contributed by atoms with Crippen molar-refractivity contribution in [3.05, 3.63) is 46.5 Å². The van der Waals surface area contributed by atoms with Gasteiger partial charge in [0.1, 0.15) is 0 Å². The summed E-state index contributed by atoms with van der Waals surface area (Å²) in [6.07, 6.45) is 4.84. The zero-order chi connectivity index (χ0) is 14.5. The number of nitrogens with zero attached hydrogens (tertiary/aromatic N) is 1. The number of benzene rings is 1. The summed E-state index contributed by atoms with van der Waals surface area (Å²) in [6, 6.07) is 7.11. The maximum atomic E-state index is 12.0. The molecule has 3 nitrogen and oxygen atoms in total. The Morgan fingerprint density at radius 3 is 2.35 bits per heavy atom. The van der Waals surface area contributed by atoms with E-state index in [0.717, 1.165) is 30.4 Å². The van der Waals surface area contributed by atoms with Gasteiger partial charge in [-0.15, -0.1) is 0 Å². The van der Waals surface area contributed by atoms with E-state index in [2.05, 4.69) is 22.9 Å². The lowest BCUT2D eigenvalue weighted by Gasteiger charge is -2.29. The molecule has 0 radical (unpaired) electrons. The Hall–Kier alpha value is -1.42. The monoisotopic (exact) mass is 335 g/mol. The lowest BCUT2D eigenvalue weighted by molar-refractivity contribution is -0.127. The number of carbonyl (C=O) groups excluding carboxylic acids is 2. The molecule has 0 unspecified atom stereocenters. The van der Waals surface area contributed by atoms with Crippen LogP contribution in [0, 0.1) is 5.92 Å². The van der Waals surface area contributed by atoms with E-state index in [-0.39, 0.29) is 11.7 Å². The third kappa shape index (κ3) is 4.04. The van der Waals surface area contributed by atoms with Crippen molar-refractivity contribution in [3.63, 3.8) is 0 Å². The van der Waals surface area contributed by atoms with Crippen molar-refractivity contribution in [2.24, 2.45) is 5.92 Å². The molecule has 2 rings (SSSR count). The summed E-state index contributed by atoms with van der Waals surface area (Å²) < 4.78 is 0.927. The van der Waals surface area contributed by atoms with E-state index in [1.807, 2.05) is 17.0 Å². The van der Waals surface area contributed by atoms with Crippen molar-refractivity contribution >= 4 is 27.6 Å². The van der Waals surface area contributed by atoms with Crippen molar-refractivity contribution < 1.29 is 9.59 Å². The van der Waals surface area contributed by atoms with E-state index >= 15 is 0 Å². The Bertz CT molecular complexity index is 514. The number of rotatable bonds is 3. The van der Waals surface area contributed by atoms with Crippen LogP contribution in [0.3, 0.4) is 0 Å². The van der Waals surface area contributed by atoms with Gasteiger partial charge in [-0.2, -0.15) is 0 Å². The van der Waals surface area contributed by atoms with Crippen LogP contribution in [0.4, 0.5) is 0 Å². The van der Waals surface area contributed by atoms with E-state index in [0.29, 0.717) is 11.5 Å². The number of ketones is 1. The van der Waals surface area contributed by atoms with Gasteiger partial charge in [-0.3, -0.25) is 9.59 Å². The molecule has 1 aliphatic heterocycles. The molecule has 1 aliphatic rings. The van der Waals surface area contributed by atoms with Gasteiger partial charge >= 0.3 is 0 Å². The number of hydrogen-bond acceptors (Lipinski definition) is 2. The van der Waals surface area contributed by atoms with Crippen molar-refractivity contribution in [2.75, 3.05) is 13.1 Å². The highest BCUT2D eigenvalue weighted by Crippen LogP contribution is 2.16. The van der Waals surface area contributed by atoms with Crippen LogP contribution >= 0.6 is 15.9 Å². The Balaban J connectivity index is 1.93. The van der Waals surface area contributed by atoms with E-state index in [1.54, 1.807) is 12.1 Å². The Labute approximate surface area is 127 Å². The molecule has 1 saturated heterocycles.